The maximum Gasteiger partial charge on any atom is 0.239 e. The molecule has 98 valence electrons. The van der Waals surface area contributed by atoms with E-state index in [1.165, 1.54) is 6.42 Å². The molecule has 2 atom stereocenters. The van der Waals surface area contributed by atoms with Gasteiger partial charge >= 0.3 is 0 Å². The summed E-state index contributed by atoms with van der Waals surface area (Å²) in [5.74, 6) is 0.725. The second kappa shape index (κ2) is 5.83. The van der Waals surface area contributed by atoms with Gasteiger partial charge in [-0.15, -0.1) is 0 Å². The third kappa shape index (κ3) is 2.99. The van der Waals surface area contributed by atoms with Gasteiger partial charge in [0, 0.05) is 26.3 Å². The van der Waals surface area contributed by atoms with Crippen LogP contribution in [-0.2, 0) is 9.53 Å². The first-order valence-electron chi connectivity index (χ1n) is 6.78. The number of nitrogens with zero attached hydrogens (tertiary/aromatic N) is 1. The molecule has 0 bridgehead atoms. The number of rotatable bonds is 2. The van der Waals surface area contributed by atoms with Crippen molar-refractivity contribution in [1.29, 1.82) is 0 Å². The molecular weight excluding hydrogens is 216 g/mol. The molecule has 0 saturated carbocycles. The maximum atomic E-state index is 12.4. The average Bonchev–Trinajstić information content (AvgIpc) is 2.39. The lowest BCUT2D eigenvalue weighted by Gasteiger charge is -2.37. The van der Waals surface area contributed by atoms with Crippen molar-refractivity contribution in [3.8, 4) is 0 Å². The van der Waals surface area contributed by atoms with E-state index >= 15 is 0 Å². The minimum atomic E-state index is 0.0246. The molecule has 4 heteroatoms. The van der Waals surface area contributed by atoms with Crippen LogP contribution in [0.3, 0.4) is 0 Å². The lowest BCUT2D eigenvalue weighted by molar-refractivity contribution is -0.137. The van der Waals surface area contributed by atoms with Gasteiger partial charge in [-0.05, 0) is 38.1 Å². The summed E-state index contributed by atoms with van der Waals surface area (Å²) in [6.07, 6.45) is 4.30. The molecule has 0 aromatic carbocycles. The Kier molecular flexibility index (Phi) is 4.40. The molecule has 1 amide bonds. The van der Waals surface area contributed by atoms with E-state index in [0.717, 1.165) is 39.0 Å². The fourth-order valence-corrected chi connectivity index (χ4v) is 2.85. The van der Waals surface area contributed by atoms with E-state index < -0.39 is 0 Å². The largest absolute Gasteiger partial charge is 0.381 e. The van der Waals surface area contributed by atoms with Crippen LogP contribution in [0.15, 0.2) is 0 Å². The molecule has 2 aliphatic heterocycles. The van der Waals surface area contributed by atoms with Crippen molar-refractivity contribution in [1.82, 2.24) is 10.2 Å². The number of ether oxygens (including phenoxy) is 1. The molecule has 2 unspecified atom stereocenters. The van der Waals surface area contributed by atoms with E-state index in [1.807, 2.05) is 11.9 Å². The van der Waals surface area contributed by atoms with Crippen molar-refractivity contribution >= 4 is 5.91 Å². The van der Waals surface area contributed by atoms with Gasteiger partial charge < -0.3 is 15.0 Å². The lowest BCUT2D eigenvalue weighted by Crippen LogP contribution is -2.54. The molecule has 0 radical (unpaired) electrons. The van der Waals surface area contributed by atoms with Gasteiger partial charge in [-0.1, -0.05) is 6.92 Å². The van der Waals surface area contributed by atoms with Crippen LogP contribution in [0.25, 0.3) is 0 Å². The highest BCUT2D eigenvalue weighted by Crippen LogP contribution is 2.20. The van der Waals surface area contributed by atoms with E-state index in [1.54, 1.807) is 0 Å². The molecule has 4 nitrogen and oxygen atoms in total. The number of carbonyl (C=O) groups is 1. The van der Waals surface area contributed by atoms with Crippen molar-refractivity contribution in [2.45, 2.75) is 44.7 Å². The van der Waals surface area contributed by atoms with Gasteiger partial charge in [-0.2, -0.15) is 0 Å². The molecule has 0 spiro atoms. The topological polar surface area (TPSA) is 41.6 Å². The summed E-state index contributed by atoms with van der Waals surface area (Å²) in [6.45, 7) is 4.72. The molecule has 0 aromatic heterocycles. The summed E-state index contributed by atoms with van der Waals surface area (Å²) in [6, 6.07) is 0.392. The summed E-state index contributed by atoms with van der Waals surface area (Å²) in [4.78, 5) is 14.4. The smallest absolute Gasteiger partial charge is 0.239 e. The van der Waals surface area contributed by atoms with Crippen molar-refractivity contribution in [2.24, 2.45) is 5.92 Å². The Labute approximate surface area is 104 Å². The molecule has 2 rings (SSSR count). The van der Waals surface area contributed by atoms with Crippen LogP contribution in [0.1, 0.15) is 32.6 Å². The van der Waals surface area contributed by atoms with Crippen molar-refractivity contribution in [3.05, 3.63) is 0 Å². The molecule has 2 aliphatic rings. The normalized spacial score (nSPS) is 31.2. The summed E-state index contributed by atoms with van der Waals surface area (Å²) in [5.41, 5.74) is 0. The van der Waals surface area contributed by atoms with Crippen molar-refractivity contribution in [3.63, 3.8) is 0 Å². The first-order chi connectivity index (χ1) is 8.20. The van der Waals surface area contributed by atoms with Gasteiger partial charge in [-0.25, -0.2) is 0 Å². The van der Waals surface area contributed by atoms with Crippen LogP contribution in [0, 0.1) is 5.92 Å². The van der Waals surface area contributed by atoms with Crippen LogP contribution in [0.4, 0.5) is 0 Å². The fraction of sp³-hybridized carbons (Fsp3) is 0.923. The van der Waals surface area contributed by atoms with E-state index in [0.29, 0.717) is 12.0 Å². The summed E-state index contributed by atoms with van der Waals surface area (Å²) >= 11 is 0. The van der Waals surface area contributed by atoms with Crippen LogP contribution < -0.4 is 5.32 Å². The predicted molar refractivity (Wildman–Crippen MR) is 66.8 cm³/mol. The molecule has 0 aromatic rings. The van der Waals surface area contributed by atoms with E-state index in [9.17, 15) is 4.79 Å². The van der Waals surface area contributed by atoms with Crippen LogP contribution in [-0.4, -0.2) is 49.7 Å². The molecule has 0 aliphatic carbocycles. The average molecular weight is 240 g/mol. The first kappa shape index (κ1) is 12.8. The monoisotopic (exact) mass is 240 g/mol. The number of likely N-dealkylation sites (N-methyl/N-ethyl adjacent to an activating group) is 1. The molecule has 2 saturated heterocycles. The number of carbonyl (C=O) groups excluding carboxylic acids is 1. The Morgan fingerprint density at radius 3 is 2.65 bits per heavy atom. The van der Waals surface area contributed by atoms with Crippen LogP contribution in [0.2, 0.25) is 0 Å². The summed E-state index contributed by atoms with van der Waals surface area (Å²) in [5, 5.41) is 3.37. The second-order valence-corrected chi connectivity index (χ2v) is 5.34. The van der Waals surface area contributed by atoms with Crippen molar-refractivity contribution < 1.29 is 9.53 Å². The highest BCUT2D eigenvalue weighted by Gasteiger charge is 2.32. The highest BCUT2D eigenvalue weighted by molar-refractivity contribution is 5.82. The first-order valence-corrected chi connectivity index (χ1v) is 6.78. The number of nitrogens with one attached hydrogen (secondary N) is 1. The molecule has 17 heavy (non-hydrogen) atoms. The van der Waals surface area contributed by atoms with Crippen molar-refractivity contribution in [2.75, 3.05) is 26.8 Å². The Balaban J connectivity index is 1.92. The highest BCUT2D eigenvalue weighted by atomic mass is 16.5. The Morgan fingerprint density at radius 2 is 2.00 bits per heavy atom. The van der Waals surface area contributed by atoms with E-state index in [-0.39, 0.29) is 11.9 Å². The summed E-state index contributed by atoms with van der Waals surface area (Å²) in [7, 11) is 1.95. The van der Waals surface area contributed by atoms with Gasteiger partial charge in [0.2, 0.25) is 5.91 Å². The maximum absolute atomic E-state index is 12.4. The quantitative estimate of drug-likeness (QED) is 0.783. The Hall–Kier alpha value is -0.610. The lowest BCUT2D eigenvalue weighted by atomic mass is 9.91. The standard InChI is InChI=1S/C13H24N2O2/c1-10-4-3-7-14-12(10)13(16)15(2)11-5-8-17-9-6-11/h10-12,14H,3-9H2,1-2H3. The number of amides is 1. The van der Waals surface area contributed by atoms with Gasteiger partial charge in [0.25, 0.3) is 0 Å². The zero-order valence-corrected chi connectivity index (χ0v) is 10.9. The van der Waals surface area contributed by atoms with Gasteiger partial charge in [0.15, 0.2) is 0 Å². The zero-order valence-electron chi connectivity index (χ0n) is 10.9. The van der Waals surface area contributed by atoms with E-state index in [2.05, 4.69) is 12.2 Å². The second-order valence-electron chi connectivity index (χ2n) is 5.34. The molecule has 2 heterocycles. The Bertz CT molecular complexity index is 264. The zero-order chi connectivity index (χ0) is 12.3. The molecule has 1 N–H and O–H groups in total. The van der Waals surface area contributed by atoms with Crippen LogP contribution >= 0.6 is 0 Å². The minimum Gasteiger partial charge on any atom is -0.381 e. The summed E-state index contributed by atoms with van der Waals surface area (Å²) < 4.78 is 5.34. The fourth-order valence-electron chi connectivity index (χ4n) is 2.85. The Morgan fingerprint density at radius 1 is 1.29 bits per heavy atom. The number of hydrogen-bond acceptors (Lipinski definition) is 3. The van der Waals surface area contributed by atoms with Crippen LogP contribution in [0.5, 0.6) is 0 Å². The van der Waals surface area contributed by atoms with Gasteiger partial charge in [0.1, 0.15) is 0 Å². The molecular formula is C13H24N2O2. The number of piperidine rings is 1. The van der Waals surface area contributed by atoms with Gasteiger partial charge in [-0.3, -0.25) is 4.79 Å². The molecule has 2 fully saturated rings. The number of hydrogen-bond donors (Lipinski definition) is 1. The third-order valence-corrected chi connectivity index (χ3v) is 4.12. The van der Waals surface area contributed by atoms with E-state index in [4.69, 9.17) is 4.74 Å². The predicted octanol–water partition coefficient (Wildman–Crippen LogP) is 1.01. The third-order valence-electron chi connectivity index (χ3n) is 4.12. The minimum absolute atomic E-state index is 0.0246. The van der Waals surface area contributed by atoms with Gasteiger partial charge in [0.05, 0.1) is 6.04 Å². The SMILES string of the molecule is CC1CCCNC1C(=O)N(C)C1CCOCC1.